The third-order valence-corrected chi connectivity index (χ3v) is 3.41. The zero-order valence-corrected chi connectivity index (χ0v) is 16.6. The van der Waals surface area contributed by atoms with E-state index in [1.54, 1.807) is 19.0 Å². The molecule has 1 fully saturated rings. The zero-order chi connectivity index (χ0) is 15.7. The standard InChI is InChI=1S/C15H30N4O2.HI/c1-12(2)7-8-16-15(18-11-14(20)19(3)4)17-10-13-6-5-9-21-13;/h12-13H,5-11H2,1-4H3,(H2,16,17,18);1H. The van der Waals surface area contributed by atoms with E-state index in [0.29, 0.717) is 11.9 Å². The van der Waals surface area contributed by atoms with E-state index in [4.69, 9.17) is 4.74 Å². The molecule has 1 aliphatic heterocycles. The summed E-state index contributed by atoms with van der Waals surface area (Å²) in [5.41, 5.74) is 0. The molecule has 0 aromatic rings. The van der Waals surface area contributed by atoms with Gasteiger partial charge in [-0.3, -0.25) is 4.79 Å². The normalized spacial score (nSPS) is 18.0. The van der Waals surface area contributed by atoms with E-state index in [9.17, 15) is 4.79 Å². The molecule has 0 aromatic carbocycles. The molecule has 1 unspecified atom stereocenters. The van der Waals surface area contributed by atoms with Crippen LogP contribution in [0.2, 0.25) is 0 Å². The zero-order valence-electron chi connectivity index (χ0n) is 14.2. The Kier molecular flexibility index (Phi) is 11.6. The Morgan fingerprint density at radius 1 is 1.36 bits per heavy atom. The first kappa shape index (κ1) is 21.4. The topological polar surface area (TPSA) is 66.0 Å². The van der Waals surface area contributed by atoms with Crippen LogP contribution < -0.4 is 10.6 Å². The highest BCUT2D eigenvalue weighted by Crippen LogP contribution is 2.10. The summed E-state index contributed by atoms with van der Waals surface area (Å²) >= 11 is 0. The molecular formula is C15H31IN4O2. The van der Waals surface area contributed by atoms with Crippen molar-refractivity contribution in [2.45, 2.75) is 39.2 Å². The Labute approximate surface area is 151 Å². The van der Waals surface area contributed by atoms with Gasteiger partial charge in [0.05, 0.1) is 6.10 Å². The first-order valence-corrected chi connectivity index (χ1v) is 7.83. The number of guanidine groups is 1. The minimum absolute atomic E-state index is 0. The predicted molar refractivity (Wildman–Crippen MR) is 101 cm³/mol. The number of rotatable bonds is 7. The first-order valence-electron chi connectivity index (χ1n) is 7.83. The summed E-state index contributed by atoms with van der Waals surface area (Å²) in [7, 11) is 3.48. The minimum Gasteiger partial charge on any atom is -0.376 e. The summed E-state index contributed by atoms with van der Waals surface area (Å²) in [5, 5.41) is 6.55. The van der Waals surface area contributed by atoms with Crippen molar-refractivity contribution in [3.05, 3.63) is 0 Å². The number of carbonyl (C=O) groups is 1. The highest BCUT2D eigenvalue weighted by molar-refractivity contribution is 14.0. The molecule has 0 spiro atoms. The van der Waals surface area contributed by atoms with Gasteiger partial charge in [0.2, 0.25) is 5.91 Å². The second-order valence-electron chi connectivity index (χ2n) is 6.08. The fourth-order valence-electron chi connectivity index (χ4n) is 1.96. The Balaban J connectivity index is 0.00000441. The fourth-order valence-corrected chi connectivity index (χ4v) is 1.96. The van der Waals surface area contributed by atoms with Crippen LogP contribution in [0.25, 0.3) is 0 Å². The van der Waals surface area contributed by atoms with Crippen molar-refractivity contribution in [3.8, 4) is 0 Å². The van der Waals surface area contributed by atoms with Crippen LogP contribution in [0.1, 0.15) is 33.1 Å². The van der Waals surface area contributed by atoms with Crippen molar-refractivity contribution >= 4 is 35.8 Å². The number of nitrogens with one attached hydrogen (secondary N) is 2. The van der Waals surface area contributed by atoms with Crippen LogP contribution in [0, 0.1) is 5.92 Å². The Hall–Kier alpha value is -0.570. The third kappa shape index (κ3) is 9.45. The quantitative estimate of drug-likeness (QED) is 0.368. The van der Waals surface area contributed by atoms with Crippen molar-refractivity contribution in [1.82, 2.24) is 15.5 Å². The van der Waals surface area contributed by atoms with Crippen molar-refractivity contribution in [3.63, 3.8) is 0 Å². The van der Waals surface area contributed by atoms with Gasteiger partial charge in [0, 0.05) is 33.8 Å². The lowest BCUT2D eigenvalue weighted by Crippen LogP contribution is -2.42. The van der Waals surface area contributed by atoms with Crippen molar-refractivity contribution in [2.24, 2.45) is 10.9 Å². The molecule has 0 aliphatic carbocycles. The molecule has 6 nitrogen and oxygen atoms in total. The van der Waals surface area contributed by atoms with Crippen LogP contribution in [0.15, 0.2) is 4.99 Å². The van der Waals surface area contributed by atoms with Gasteiger partial charge in [-0.25, -0.2) is 4.99 Å². The largest absolute Gasteiger partial charge is 0.376 e. The molecule has 1 amide bonds. The van der Waals surface area contributed by atoms with Gasteiger partial charge < -0.3 is 20.3 Å². The van der Waals surface area contributed by atoms with Crippen molar-refractivity contribution < 1.29 is 9.53 Å². The molecule has 7 heteroatoms. The molecule has 0 radical (unpaired) electrons. The Morgan fingerprint density at radius 2 is 2.09 bits per heavy atom. The number of carbonyl (C=O) groups excluding carboxylic acids is 1. The second kappa shape index (κ2) is 11.9. The van der Waals surface area contributed by atoms with Gasteiger partial charge in [-0.15, -0.1) is 24.0 Å². The fraction of sp³-hybridized carbons (Fsp3) is 0.867. The lowest BCUT2D eigenvalue weighted by Gasteiger charge is -2.16. The Bertz CT molecular complexity index is 342. The number of likely N-dealkylation sites (N-methyl/N-ethyl adjacent to an activating group) is 1. The molecule has 1 rings (SSSR count). The monoisotopic (exact) mass is 426 g/mol. The molecule has 0 bridgehead atoms. The Morgan fingerprint density at radius 3 is 2.64 bits per heavy atom. The molecule has 1 atom stereocenters. The van der Waals surface area contributed by atoms with Crippen molar-refractivity contribution in [2.75, 3.05) is 40.3 Å². The van der Waals surface area contributed by atoms with Crippen molar-refractivity contribution in [1.29, 1.82) is 0 Å². The lowest BCUT2D eigenvalue weighted by molar-refractivity contribution is -0.127. The summed E-state index contributed by atoms with van der Waals surface area (Å²) in [6, 6.07) is 0. The highest BCUT2D eigenvalue weighted by atomic mass is 127. The molecule has 22 heavy (non-hydrogen) atoms. The van der Waals surface area contributed by atoms with Crippen LogP contribution in [0.5, 0.6) is 0 Å². The van der Waals surface area contributed by atoms with Crippen LogP contribution >= 0.6 is 24.0 Å². The number of nitrogens with zero attached hydrogens (tertiary/aromatic N) is 2. The number of hydrogen-bond donors (Lipinski definition) is 2. The molecule has 0 saturated carbocycles. The van der Waals surface area contributed by atoms with Gasteiger partial charge in [-0.2, -0.15) is 0 Å². The molecule has 0 aromatic heterocycles. The average molecular weight is 426 g/mol. The van der Waals surface area contributed by atoms with E-state index in [1.807, 2.05) is 0 Å². The maximum atomic E-state index is 11.6. The smallest absolute Gasteiger partial charge is 0.243 e. The van der Waals surface area contributed by atoms with Gasteiger partial charge in [-0.1, -0.05) is 13.8 Å². The van der Waals surface area contributed by atoms with Gasteiger partial charge in [0.1, 0.15) is 6.54 Å². The van der Waals surface area contributed by atoms with E-state index in [-0.39, 0.29) is 42.5 Å². The molecule has 1 aliphatic rings. The summed E-state index contributed by atoms with van der Waals surface area (Å²) in [5.74, 6) is 1.33. The van der Waals surface area contributed by atoms with E-state index < -0.39 is 0 Å². The van der Waals surface area contributed by atoms with E-state index in [0.717, 1.165) is 39.0 Å². The van der Waals surface area contributed by atoms with Crippen LogP contribution in [-0.4, -0.2) is 63.2 Å². The summed E-state index contributed by atoms with van der Waals surface area (Å²) < 4.78 is 5.59. The first-order chi connectivity index (χ1) is 9.99. The van der Waals surface area contributed by atoms with Gasteiger partial charge in [0.25, 0.3) is 0 Å². The van der Waals surface area contributed by atoms with Gasteiger partial charge in [-0.05, 0) is 25.2 Å². The maximum absolute atomic E-state index is 11.6. The van der Waals surface area contributed by atoms with E-state index in [1.165, 1.54) is 0 Å². The van der Waals surface area contributed by atoms with Gasteiger partial charge in [0.15, 0.2) is 5.96 Å². The predicted octanol–water partition coefficient (Wildman–Crippen LogP) is 1.45. The molecular weight excluding hydrogens is 395 g/mol. The second-order valence-corrected chi connectivity index (χ2v) is 6.08. The molecule has 2 N–H and O–H groups in total. The lowest BCUT2D eigenvalue weighted by atomic mass is 10.1. The molecule has 1 heterocycles. The third-order valence-electron chi connectivity index (χ3n) is 3.41. The van der Waals surface area contributed by atoms with Crippen LogP contribution in [0.3, 0.4) is 0 Å². The number of amides is 1. The molecule has 1 saturated heterocycles. The number of ether oxygens (including phenoxy) is 1. The SMILES string of the molecule is CC(C)CCNC(=NCC(=O)N(C)C)NCC1CCCO1.I. The van der Waals surface area contributed by atoms with E-state index >= 15 is 0 Å². The summed E-state index contributed by atoms with van der Waals surface area (Å²) in [6.07, 6.45) is 3.54. The average Bonchev–Trinajstić information content (AvgIpc) is 2.93. The van der Waals surface area contributed by atoms with Crippen LogP contribution in [-0.2, 0) is 9.53 Å². The summed E-state index contributed by atoms with van der Waals surface area (Å²) in [6.45, 7) is 6.98. The summed E-state index contributed by atoms with van der Waals surface area (Å²) in [4.78, 5) is 17.5. The number of hydrogen-bond acceptors (Lipinski definition) is 3. The number of aliphatic imine (C=N–C) groups is 1. The van der Waals surface area contributed by atoms with Crippen LogP contribution in [0.4, 0.5) is 0 Å². The maximum Gasteiger partial charge on any atom is 0.243 e. The highest BCUT2D eigenvalue weighted by Gasteiger charge is 2.15. The van der Waals surface area contributed by atoms with Gasteiger partial charge >= 0.3 is 0 Å². The van der Waals surface area contributed by atoms with E-state index in [2.05, 4.69) is 29.5 Å². The number of halogens is 1. The minimum atomic E-state index is -0.00271. The molecule has 130 valence electrons.